The number of benzene rings is 3. The van der Waals surface area contributed by atoms with Crippen molar-refractivity contribution in [2.75, 3.05) is 0 Å². The van der Waals surface area contributed by atoms with Gasteiger partial charge >= 0.3 is 8.32 Å². The van der Waals surface area contributed by atoms with Crippen molar-refractivity contribution in [3.05, 3.63) is 88.0 Å². The summed E-state index contributed by atoms with van der Waals surface area (Å²) in [7, 11) is -3.33. The molecule has 0 aromatic heterocycles. The molecule has 133 valence electrons. The van der Waals surface area contributed by atoms with Gasteiger partial charge in [-0.15, -0.1) is 0 Å². The molecule has 0 saturated heterocycles. The molecule has 0 bridgehead atoms. The molecular formula is C24H27OSi. The van der Waals surface area contributed by atoms with E-state index in [0.29, 0.717) is 0 Å². The van der Waals surface area contributed by atoms with E-state index in [2.05, 4.69) is 96.1 Å². The fourth-order valence-electron chi connectivity index (χ4n) is 4.06. The highest BCUT2D eigenvalue weighted by Gasteiger charge is 2.44. The van der Waals surface area contributed by atoms with Gasteiger partial charge in [0.05, 0.1) is 0 Å². The third kappa shape index (κ3) is 3.15. The molecule has 0 saturated carbocycles. The topological polar surface area (TPSA) is 19.9 Å². The van der Waals surface area contributed by atoms with E-state index in [0.717, 1.165) is 32.3 Å². The molecule has 0 amide bonds. The van der Waals surface area contributed by atoms with E-state index in [-0.39, 0.29) is 0 Å². The molecule has 0 aliphatic heterocycles. The third-order valence-corrected chi connectivity index (χ3v) is 9.24. The van der Waals surface area contributed by atoms with Crippen molar-refractivity contribution in [2.45, 2.75) is 41.5 Å². The molecule has 0 heterocycles. The van der Waals surface area contributed by atoms with Crippen LogP contribution in [0.2, 0.25) is 0 Å². The van der Waals surface area contributed by atoms with Gasteiger partial charge < -0.3 is 0 Å². The van der Waals surface area contributed by atoms with Crippen LogP contribution in [0, 0.1) is 41.5 Å². The minimum Gasteiger partial charge on any atom is -0.279 e. The lowest BCUT2D eigenvalue weighted by Crippen LogP contribution is -2.68. The average molecular weight is 360 g/mol. The van der Waals surface area contributed by atoms with Gasteiger partial charge in [0, 0.05) is 0 Å². The van der Waals surface area contributed by atoms with Gasteiger partial charge in [-0.25, -0.2) is 0 Å². The summed E-state index contributed by atoms with van der Waals surface area (Å²) in [5.74, 6) is 0. The SMILES string of the molecule is Cc1ccc([Si]([O])(c2ccc(C)cc2C)c2ccc(C)cc2C)c(C)c1. The quantitative estimate of drug-likeness (QED) is 0.499. The monoisotopic (exact) mass is 359 g/mol. The third-order valence-electron chi connectivity index (χ3n) is 5.28. The highest BCUT2D eigenvalue weighted by molar-refractivity contribution is 7.06. The van der Waals surface area contributed by atoms with E-state index in [1.54, 1.807) is 0 Å². The van der Waals surface area contributed by atoms with Crippen molar-refractivity contribution >= 4 is 23.9 Å². The fraction of sp³-hybridized carbons (Fsp3) is 0.250. The predicted molar refractivity (Wildman–Crippen MR) is 113 cm³/mol. The Morgan fingerprint density at radius 3 is 1.00 bits per heavy atom. The minimum absolute atomic E-state index is 0.974. The summed E-state index contributed by atoms with van der Waals surface area (Å²) < 4.78 is 0. The number of aryl methyl sites for hydroxylation is 6. The molecule has 0 N–H and O–H groups in total. The number of hydrogen-bond acceptors (Lipinski definition) is 0. The van der Waals surface area contributed by atoms with Crippen molar-refractivity contribution in [1.82, 2.24) is 0 Å². The Kier molecular flexibility index (Phi) is 4.91. The summed E-state index contributed by atoms with van der Waals surface area (Å²) in [5, 5.41) is 2.92. The summed E-state index contributed by atoms with van der Waals surface area (Å²) >= 11 is 0. The molecule has 3 aromatic carbocycles. The molecule has 3 rings (SSSR count). The van der Waals surface area contributed by atoms with Gasteiger partial charge in [-0.2, -0.15) is 0 Å². The Labute approximate surface area is 158 Å². The molecule has 1 nitrogen and oxygen atoms in total. The first-order valence-corrected chi connectivity index (χ1v) is 11.1. The van der Waals surface area contributed by atoms with Gasteiger partial charge in [0.25, 0.3) is 0 Å². The van der Waals surface area contributed by atoms with Crippen molar-refractivity contribution in [3.8, 4) is 0 Å². The Morgan fingerprint density at radius 2 is 0.769 bits per heavy atom. The number of hydrogen-bond donors (Lipinski definition) is 0. The van der Waals surface area contributed by atoms with Crippen LogP contribution in [-0.4, -0.2) is 8.32 Å². The molecule has 0 aliphatic carbocycles. The summed E-state index contributed by atoms with van der Waals surface area (Å²) in [4.78, 5) is 14.8. The Balaban J connectivity index is 2.38. The van der Waals surface area contributed by atoms with Gasteiger partial charge in [-0.3, -0.25) is 4.80 Å². The second-order valence-electron chi connectivity index (χ2n) is 7.64. The Bertz CT molecular complexity index is 847. The van der Waals surface area contributed by atoms with Gasteiger partial charge in [0.15, 0.2) is 0 Å². The first-order valence-electron chi connectivity index (χ1n) is 9.17. The standard InChI is InChI=1S/C24H27OSi/c1-16-7-10-22(19(4)13-16)26(25,23-11-8-17(2)14-20(23)5)24-12-9-18(3)15-21(24)6/h7-15H,1-6H3. The lowest BCUT2D eigenvalue weighted by atomic mass is 10.1. The molecule has 3 aromatic rings. The smallest absolute Gasteiger partial charge is 0.279 e. The molecule has 2 heteroatoms. The Hall–Kier alpha value is -2.16. The highest BCUT2D eigenvalue weighted by Crippen LogP contribution is 2.15. The molecule has 26 heavy (non-hydrogen) atoms. The largest absolute Gasteiger partial charge is 0.330 e. The second kappa shape index (κ2) is 6.86. The molecule has 1 radical (unpaired) electrons. The zero-order valence-electron chi connectivity index (χ0n) is 16.6. The summed E-state index contributed by atoms with van der Waals surface area (Å²) in [6, 6.07) is 18.9. The predicted octanol–water partition coefficient (Wildman–Crippen LogP) is 3.93. The van der Waals surface area contributed by atoms with Gasteiger partial charge in [-0.1, -0.05) is 71.3 Å². The first kappa shape index (κ1) is 18.6. The van der Waals surface area contributed by atoms with Gasteiger partial charge in [0.2, 0.25) is 0 Å². The molecule has 0 spiro atoms. The van der Waals surface area contributed by atoms with Crippen molar-refractivity contribution in [2.24, 2.45) is 0 Å². The minimum atomic E-state index is -3.33. The van der Waals surface area contributed by atoms with E-state index in [4.69, 9.17) is 0 Å². The summed E-state index contributed by atoms with van der Waals surface area (Å²) in [6.07, 6.45) is 0. The van der Waals surface area contributed by atoms with Crippen LogP contribution in [0.25, 0.3) is 0 Å². The average Bonchev–Trinajstić information content (AvgIpc) is 2.54. The maximum atomic E-state index is 14.8. The van der Waals surface area contributed by atoms with E-state index >= 15 is 0 Å². The van der Waals surface area contributed by atoms with Crippen LogP contribution < -0.4 is 15.6 Å². The fourth-order valence-corrected chi connectivity index (χ4v) is 7.77. The highest BCUT2D eigenvalue weighted by atomic mass is 28.4. The molecular weight excluding hydrogens is 332 g/mol. The number of rotatable bonds is 3. The molecule has 0 unspecified atom stereocenters. The Morgan fingerprint density at radius 1 is 0.500 bits per heavy atom. The van der Waals surface area contributed by atoms with Crippen LogP contribution in [0.15, 0.2) is 54.6 Å². The zero-order valence-corrected chi connectivity index (χ0v) is 17.6. The van der Waals surface area contributed by atoms with Crippen LogP contribution in [-0.2, 0) is 4.80 Å². The zero-order chi connectivity index (χ0) is 19.1. The summed E-state index contributed by atoms with van der Waals surface area (Å²) in [6.45, 7) is 12.5. The van der Waals surface area contributed by atoms with Crippen LogP contribution >= 0.6 is 0 Å². The summed E-state index contributed by atoms with van der Waals surface area (Å²) in [5.41, 5.74) is 6.90. The maximum Gasteiger partial charge on any atom is 0.330 e. The van der Waals surface area contributed by atoms with Crippen LogP contribution in [0.3, 0.4) is 0 Å². The van der Waals surface area contributed by atoms with Gasteiger partial charge in [0.1, 0.15) is 0 Å². The van der Waals surface area contributed by atoms with Crippen LogP contribution in [0.1, 0.15) is 33.4 Å². The van der Waals surface area contributed by atoms with Crippen LogP contribution in [0.5, 0.6) is 0 Å². The van der Waals surface area contributed by atoms with Gasteiger partial charge in [-0.05, 0) is 73.8 Å². The van der Waals surface area contributed by atoms with E-state index in [9.17, 15) is 4.80 Å². The lowest BCUT2D eigenvalue weighted by Gasteiger charge is -2.29. The van der Waals surface area contributed by atoms with Crippen molar-refractivity contribution in [1.29, 1.82) is 0 Å². The van der Waals surface area contributed by atoms with E-state index in [1.807, 2.05) is 0 Å². The second-order valence-corrected chi connectivity index (χ2v) is 10.6. The van der Waals surface area contributed by atoms with E-state index < -0.39 is 8.32 Å². The normalized spacial score (nSPS) is 11.7. The molecule has 0 aliphatic rings. The maximum absolute atomic E-state index is 14.8. The van der Waals surface area contributed by atoms with E-state index in [1.165, 1.54) is 16.7 Å². The molecule has 0 atom stereocenters. The van der Waals surface area contributed by atoms with Crippen molar-refractivity contribution < 1.29 is 4.80 Å². The van der Waals surface area contributed by atoms with Crippen molar-refractivity contribution in [3.63, 3.8) is 0 Å². The first-order chi connectivity index (χ1) is 12.2. The van der Waals surface area contributed by atoms with Crippen LogP contribution in [0.4, 0.5) is 0 Å². The lowest BCUT2D eigenvalue weighted by molar-refractivity contribution is 0.455. The molecule has 0 fully saturated rings.